The first-order valence-corrected chi connectivity index (χ1v) is 5.95. The van der Waals surface area contributed by atoms with Crippen molar-refractivity contribution in [1.29, 1.82) is 0 Å². The van der Waals surface area contributed by atoms with E-state index in [1.165, 1.54) is 18.2 Å². The molecule has 8 heteroatoms. The summed E-state index contributed by atoms with van der Waals surface area (Å²) in [5, 5.41) is 3.08. The second-order valence-corrected chi connectivity index (χ2v) is 4.79. The molecule has 0 atom stereocenters. The second-order valence-electron chi connectivity index (χ2n) is 3.09. The Morgan fingerprint density at radius 1 is 1.33 bits per heavy atom. The van der Waals surface area contributed by atoms with Crippen molar-refractivity contribution < 1.29 is 18.0 Å². The minimum Gasteiger partial charge on any atom is -0.359 e. The summed E-state index contributed by atoms with van der Waals surface area (Å²) < 4.78 is 35.5. The van der Waals surface area contributed by atoms with Gasteiger partial charge in [0.25, 0.3) is 5.78 Å². The predicted octanol–water partition coefficient (Wildman–Crippen LogP) is 4.77. The average Bonchev–Trinajstić information content (AvgIpc) is 2.25. The van der Waals surface area contributed by atoms with Crippen LogP contribution in [0.4, 0.5) is 18.9 Å². The molecule has 0 fully saturated rings. The molecule has 0 radical (unpaired) electrons. The maximum absolute atomic E-state index is 12.1. The molecule has 1 aromatic rings. The van der Waals surface area contributed by atoms with Gasteiger partial charge < -0.3 is 5.32 Å². The summed E-state index contributed by atoms with van der Waals surface area (Å²) in [6.07, 6.45) is -4.06. The molecule has 0 bridgehead atoms. The summed E-state index contributed by atoms with van der Waals surface area (Å²) in [6.45, 7) is 0. The van der Waals surface area contributed by atoms with Gasteiger partial charge in [-0.1, -0.05) is 23.2 Å². The Morgan fingerprint density at radius 3 is 2.44 bits per heavy atom. The van der Waals surface area contributed by atoms with Gasteiger partial charge in [0.1, 0.15) is 0 Å². The molecule has 2 nitrogen and oxygen atoms in total. The smallest absolute Gasteiger partial charge is 0.359 e. The lowest BCUT2D eigenvalue weighted by molar-refractivity contribution is -0.165. The highest BCUT2D eigenvalue weighted by Crippen LogP contribution is 2.27. The number of nitrogens with one attached hydrogen (secondary N) is 1. The first-order valence-electron chi connectivity index (χ1n) is 4.40. The van der Waals surface area contributed by atoms with Crippen LogP contribution in [0, 0.1) is 0 Å². The molecule has 0 aliphatic carbocycles. The van der Waals surface area contributed by atoms with Crippen LogP contribution in [0.5, 0.6) is 0 Å². The van der Waals surface area contributed by atoms with Crippen LogP contribution in [0.2, 0.25) is 10.0 Å². The highest BCUT2D eigenvalue weighted by molar-refractivity contribution is 9.12. The fourth-order valence-corrected chi connectivity index (χ4v) is 1.75. The maximum atomic E-state index is 12.1. The van der Waals surface area contributed by atoms with Crippen LogP contribution >= 0.6 is 39.1 Å². The number of carbonyl (C=O) groups is 1. The van der Waals surface area contributed by atoms with Crippen LogP contribution in [0.3, 0.4) is 0 Å². The van der Waals surface area contributed by atoms with Crippen LogP contribution in [-0.4, -0.2) is 12.0 Å². The Kier molecular flexibility index (Phi) is 5.07. The molecular weight excluding hydrogens is 358 g/mol. The van der Waals surface area contributed by atoms with Crippen molar-refractivity contribution in [2.45, 2.75) is 6.18 Å². The van der Waals surface area contributed by atoms with Crippen molar-refractivity contribution in [3.05, 3.63) is 38.9 Å². The minimum atomic E-state index is -4.93. The van der Waals surface area contributed by atoms with Crippen LogP contribution in [0.1, 0.15) is 0 Å². The van der Waals surface area contributed by atoms with Gasteiger partial charge >= 0.3 is 6.18 Å². The standard InChI is InChI=1S/C10H5BrCl2F3NO/c11-6(9(18)10(14,15)16)4-17-8-2-1-5(12)3-7(8)13/h1-4,17H/b6-4-. The first kappa shape index (κ1) is 15.3. The molecule has 0 aromatic heterocycles. The fourth-order valence-electron chi connectivity index (χ4n) is 0.949. The lowest BCUT2D eigenvalue weighted by Crippen LogP contribution is -2.22. The van der Waals surface area contributed by atoms with E-state index < -0.39 is 16.4 Å². The van der Waals surface area contributed by atoms with Crippen LogP contribution < -0.4 is 5.32 Å². The Hall–Kier alpha value is -0.720. The third-order valence-corrected chi connectivity index (χ3v) is 2.90. The van der Waals surface area contributed by atoms with E-state index in [0.717, 1.165) is 6.20 Å². The van der Waals surface area contributed by atoms with Gasteiger partial charge in [0, 0.05) is 11.2 Å². The highest BCUT2D eigenvalue weighted by Gasteiger charge is 2.39. The fraction of sp³-hybridized carbons (Fsp3) is 0.100. The molecule has 18 heavy (non-hydrogen) atoms. The lowest BCUT2D eigenvalue weighted by Gasteiger charge is -2.06. The summed E-state index contributed by atoms with van der Waals surface area (Å²) in [5.74, 6) is -1.99. The van der Waals surface area contributed by atoms with E-state index >= 15 is 0 Å². The molecule has 0 spiro atoms. The number of alkyl halides is 3. The zero-order chi connectivity index (χ0) is 13.9. The Labute approximate surface area is 119 Å². The van der Waals surface area contributed by atoms with Gasteiger partial charge in [0.05, 0.1) is 15.2 Å². The average molecular weight is 363 g/mol. The van der Waals surface area contributed by atoms with Crippen LogP contribution in [0.15, 0.2) is 28.9 Å². The molecule has 0 amide bonds. The number of anilines is 1. The molecule has 0 aliphatic rings. The van der Waals surface area contributed by atoms with Gasteiger partial charge in [-0.05, 0) is 34.1 Å². The first-order chi connectivity index (χ1) is 8.21. The summed E-state index contributed by atoms with van der Waals surface area (Å²) >= 11 is 14.0. The van der Waals surface area contributed by atoms with Crippen molar-refractivity contribution in [3.8, 4) is 0 Å². The van der Waals surface area contributed by atoms with E-state index in [1.807, 2.05) is 0 Å². The molecule has 98 valence electrons. The molecule has 1 rings (SSSR count). The molecule has 0 heterocycles. The van der Waals surface area contributed by atoms with Crippen molar-refractivity contribution in [2.24, 2.45) is 0 Å². The van der Waals surface area contributed by atoms with Crippen molar-refractivity contribution in [2.75, 3.05) is 5.32 Å². The molecule has 1 aromatic carbocycles. The van der Waals surface area contributed by atoms with Gasteiger partial charge in [-0.2, -0.15) is 13.2 Å². The van der Waals surface area contributed by atoms with E-state index in [0.29, 0.717) is 10.7 Å². The van der Waals surface area contributed by atoms with E-state index in [4.69, 9.17) is 23.2 Å². The quantitative estimate of drug-likeness (QED) is 0.784. The van der Waals surface area contributed by atoms with Crippen molar-refractivity contribution >= 4 is 50.6 Å². The van der Waals surface area contributed by atoms with Gasteiger partial charge in [0.2, 0.25) is 0 Å². The number of rotatable bonds is 3. The number of benzene rings is 1. The molecule has 1 N–H and O–H groups in total. The Balaban J connectivity index is 2.84. The number of carbonyl (C=O) groups excluding carboxylic acids is 1. The van der Waals surface area contributed by atoms with Crippen molar-refractivity contribution in [1.82, 2.24) is 0 Å². The SMILES string of the molecule is O=C(/C(Br)=C/Nc1ccc(Cl)cc1Cl)C(F)(F)F. The third-order valence-electron chi connectivity index (χ3n) is 1.76. The number of halogens is 6. The van der Waals surface area contributed by atoms with E-state index in [-0.39, 0.29) is 5.02 Å². The highest BCUT2D eigenvalue weighted by atomic mass is 79.9. The lowest BCUT2D eigenvalue weighted by atomic mass is 10.3. The van der Waals surface area contributed by atoms with Gasteiger partial charge in [-0.15, -0.1) is 0 Å². The zero-order valence-corrected chi connectivity index (χ0v) is 11.6. The van der Waals surface area contributed by atoms with E-state index in [2.05, 4.69) is 21.2 Å². The van der Waals surface area contributed by atoms with Gasteiger partial charge in [0.15, 0.2) is 0 Å². The molecular formula is C10H5BrCl2F3NO. The number of Topliss-reactive ketones (excluding diaryl/α,β-unsaturated/α-hetero) is 1. The minimum absolute atomic E-state index is 0.221. The summed E-state index contributed by atoms with van der Waals surface area (Å²) in [7, 11) is 0. The number of hydrogen-bond donors (Lipinski definition) is 1. The normalized spacial score (nSPS) is 12.4. The largest absolute Gasteiger partial charge is 0.455 e. The van der Waals surface area contributed by atoms with Gasteiger partial charge in [-0.25, -0.2) is 0 Å². The Bertz CT molecular complexity index is 502. The number of ketones is 1. The molecule has 0 unspecified atom stereocenters. The molecule has 0 aliphatic heterocycles. The maximum Gasteiger partial charge on any atom is 0.455 e. The van der Waals surface area contributed by atoms with Crippen LogP contribution in [0.25, 0.3) is 0 Å². The van der Waals surface area contributed by atoms with Crippen molar-refractivity contribution in [3.63, 3.8) is 0 Å². The number of hydrogen-bond acceptors (Lipinski definition) is 2. The number of allylic oxidation sites excluding steroid dienone is 1. The Morgan fingerprint density at radius 2 is 1.94 bits per heavy atom. The van der Waals surface area contributed by atoms with E-state index in [1.54, 1.807) is 0 Å². The van der Waals surface area contributed by atoms with Gasteiger partial charge in [-0.3, -0.25) is 4.79 Å². The third kappa shape index (κ3) is 4.19. The monoisotopic (exact) mass is 361 g/mol. The summed E-state index contributed by atoms with van der Waals surface area (Å²) in [6, 6.07) is 4.39. The summed E-state index contributed by atoms with van der Waals surface area (Å²) in [4.78, 5) is 10.8. The molecule has 0 saturated heterocycles. The topological polar surface area (TPSA) is 29.1 Å². The second kappa shape index (κ2) is 5.95. The molecule has 0 saturated carbocycles. The van der Waals surface area contributed by atoms with Crippen LogP contribution in [-0.2, 0) is 4.79 Å². The summed E-state index contributed by atoms with van der Waals surface area (Å²) in [5.41, 5.74) is 0.327. The zero-order valence-electron chi connectivity index (χ0n) is 8.49. The van der Waals surface area contributed by atoms with E-state index in [9.17, 15) is 18.0 Å². The predicted molar refractivity (Wildman–Crippen MR) is 68.2 cm³/mol.